The molecule has 110 valence electrons. The molecule has 1 aromatic carbocycles. The lowest BCUT2D eigenvalue weighted by Crippen LogP contribution is -2.21. The third-order valence-corrected chi connectivity index (χ3v) is 4.03. The van der Waals surface area contributed by atoms with Crippen LogP contribution in [0.3, 0.4) is 0 Å². The molecule has 21 heavy (non-hydrogen) atoms. The van der Waals surface area contributed by atoms with Gasteiger partial charge in [0.05, 0.1) is 0 Å². The Kier molecular flexibility index (Phi) is 4.06. The highest BCUT2D eigenvalue weighted by molar-refractivity contribution is 6.03. The number of hydrogen-bond acceptors (Lipinski definition) is 2. The summed E-state index contributed by atoms with van der Waals surface area (Å²) in [7, 11) is 1.88. The molecule has 0 unspecified atom stereocenters. The van der Waals surface area contributed by atoms with Gasteiger partial charge in [-0.25, -0.2) is 0 Å². The summed E-state index contributed by atoms with van der Waals surface area (Å²) in [6.07, 6.45) is 4.43. The molecule has 0 bridgehead atoms. The summed E-state index contributed by atoms with van der Waals surface area (Å²) in [4.78, 5) is 14.8. The topological polar surface area (TPSA) is 37.3 Å². The molecule has 3 rings (SSSR count). The fourth-order valence-corrected chi connectivity index (χ4v) is 2.85. The summed E-state index contributed by atoms with van der Waals surface area (Å²) >= 11 is 0. The Morgan fingerprint density at radius 2 is 1.90 bits per heavy atom. The van der Waals surface area contributed by atoms with Crippen LogP contribution in [0.1, 0.15) is 28.9 Å². The summed E-state index contributed by atoms with van der Waals surface area (Å²) in [6.45, 7) is 3.21. The summed E-state index contributed by atoms with van der Waals surface area (Å²) in [5, 5.41) is 3.04. The number of para-hydroxylation sites is 1. The van der Waals surface area contributed by atoms with Gasteiger partial charge in [-0.05, 0) is 49.7 Å². The van der Waals surface area contributed by atoms with Gasteiger partial charge in [0.25, 0.3) is 5.91 Å². The molecule has 0 spiro atoms. The van der Waals surface area contributed by atoms with E-state index < -0.39 is 0 Å². The van der Waals surface area contributed by atoms with E-state index in [1.165, 1.54) is 18.4 Å². The maximum Gasteiger partial charge on any atom is 0.272 e. The smallest absolute Gasteiger partial charge is 0.272 e. The normalized spacial score (nSPS) is 15.3. The second-order valence-electron chi connectivity index (χ2n) is 5.60. The Bertz CT molecular complexity index is 626. The predicted molar refractivity (Wildman–Crippen MR) is 84.3 cm³/mol. The molecule has 1 aliphatic rings. The van der Waals surface area contributed by atoms with Crippen molar-refractivity contribution in [1.29, 1.82) is 0 Å². The Morgan fingerprint density at radius 1 is 1.14 bits per heavy atom. The molecule has 1 fully saturated rings. The number of likely N-dealkylation sites (tertiary alicyclic amines) is 1. The van der Waals surface area contributed by atoms with Gasteiger partial charge in [0.1, 0.15) is 5.69 Å². The number of amides is 1. The van der Waals surface area contributed by atoms with Crippen molar-refractivity contribution >= 4 is 11.6 Å². The van der Waals surface area contributed by atoms with E-state index in [-0.39, 0.29) is 5.91 Å². The summed E-state index contributed by atoms with van der Waals surface area (Å²) in [6, 6.07) is 11.8. The molecule has 1 aromatic heterocycles. The zero-order valence-corrected chi connectivity index (χ0v) is 12.4. The Balaban J connectivity index is 1.75. The van der Waals surface area contributed by atoms with Crippen molar-refractivity contribution in [2.75, 3.05) is 18.4 Å². The number of carbonyl (C=O) groups is 1. The van der Waals surface area contributed by atoms with Crippen molar-refractivity contribution in [2.45, 2.75) is 19.4 Å². The van der Waals surface area contributed by atoms with E-state index >= 15 is 0 Å². The van der Waals surface area contributed by atoms with Crippen molar-refractivity contribution in [1.82, 2.24) is 9.47 Å². The fraction of sp³-hybridized carbons (Fsp3) is 0.353. The van der Waals surface area contributed by atoms with Crippen molar-refractivity contribution in [3.8, 4) is 0 Å². The number of anilines is 1. The second-order valence-corrected chi connectivity index (χ2v) is 5.60. The van der Waals surface area contributed by atoms with Gasteiger partial charge in [0.2, 0.25) is 0 Å². The van der Waals surface area contributed by atoms with Crippen molar-refractivity contribution in [3.05, 3.63) is 53.9 Å². The van der Waals surface area contributed by atoms with Crippen LogP contribution in [0.15, 0.2) is 42.6 Å². The number of aromatic nitrogens is 1. The molecule has 0 radical (unpaired) electrons. The summed E-state index contributed by atoms with van der Waals surface area (Å²) < 4.78 is 1.83. The second kappa shape index (κ2) is 6.14. The molecule has 0 saturated carbocycles. The molecule has 0 atom stereocenters. The van der Waals surface area contributed by atoms with E-state index in [1.54, 1.807) is 0 Å². The van der Waals surface area contributed by atoms with Crippen LogP contribution in [0, 0.1) is 0 Å². The van der Waals surface area contributed by atoms with Crippen LogP contribution >= 0.6 is 0 Å². The quantitative estimate of drug-likeness (QED) is 0.937. The first-order valence-electron chi connectivity index (χ1n) is 7.47. The van der Waals surface area contributed by atoms with Crippen LogP contribution in [0.5, 0.6) is 0 Å². The third kappa shape index (κ3) is 3.16. The molecule has 4 nitrogen and oxygen atoms in total. The van der Waals surface area contributed by atoms with Crippen molar-refractivity contribution < 1.29 is 4.79 Å². The molecule has 0 aliphatic carbocycles. The molecule has 1 aliphatic heterocycles. The number of benzene rings is 1. The lowest BCUT2D eigenvalue weighted by Gasteiger charge is -2.18. The average Bonchev–Trinajstić information content (AvgIpc) is 3.12. The monoisotopic (exact) mass is 283 g/mol. The maximum absolute atomic E-state index is 12.3. The van der Waals surface area contributed by atoms with E-state index in [1.807, 2.05) is 48.1 Å². The Hall–Kier alpha value is -2.07. The zero-order chi connectivity index (χ0) is 14.7. The lowest BCUT2D eigenvalue weighted by molar-refractivity contribution is 0.101. The summed E-state index contributed by atoms with van der Waals surface area (Å²) in [5.74, 6) is -0.0589. The van der Waals surface area contributed by atoms with Gasteiger partial charge < -0.3 is 9.88 Å². The molecule has 1 amide bonds. The standard InChI is InChI=1S/C17H21N3O/c1-19-10-6-9-16(19)17(21)18-15-8-3-2-7-14(15)13-20-11-4-5-12-20/h2-3,6-10H,4-5,11-13H2,1H3,(H,18,21). The number of carbonyl (C=O) groups excluding carboxylic acids is 1. The van der Waals surface area contributed by atoms with Gasteiger partial charge in [0, 0.05) is 25.5 Å². The van der Waals surface area contributed by atoms with E-state index in [2.05, 4.69) is 16.3 Å². The highest BCUT2D eigenvalue weighted by Crippen LogP contribution is 2.20. The minimum absolute atomic E-state index is 0.0589. The number of nitrogens with zero attached hydrogens (tertiary/aromatic N) is 2. The van der Waals surface area contributed by atoms with Crippen LogP contribution in [-0.2, 0) is 13.6 Å². The number of aryl methyl sites for hydroxylation is 1. The van der Waals surface area contributed by atoms with E-state index in [4.69, 9.17) is 0 Å². The summed E-state index contributed by atoms with van der Waals surface area (Å²) in [5.41, 5.74) is 2.77. The van der Waals surface area contributed by atoms with Crippen LogP contribution in [0.4, 0.5) is 5.69 Å². The van der Waals surface area contributed by atoms with Gasteiger partial charge in [-0.2, -0.15) is 0 Å². The van der Waals surface area contributed by atoms with Crippen LogP contribution in [0.2, 0.25) is 0 Å². The molecule has 1 saturated heterocycles. The first kappa shape index (κ1) is 13.9. The minimum Gasteiger partial charge on any atom is -0.347 e. The maximum atomic E-state index is 12.3. The van der Waals surface area contributed by atoms with Crippen molar-refractivity contribution in [2.24, 2.45) is 7.05 Å². The van der Waals surface area contributed by atoms with Gasteiger partial charge in [-0.15, -0.1) is 0 Å². The number of hydrogen-bond donors (Lipinski definition) is 1. The van der Waals surface area contributed by atoms with Crippen LogP contribution in [-0.4, -0.2) is 28.5 Å². The van der Waals surface area contributed by atoms with Gasteiger partial charge in [-0.1, -0.05) is 18.2 Å². The largest absolute Gasteiger partial charge is 0.347 e. The van der Waals surface area contributed by atoms with E-state index in [0.717, 1.165) is 25.3 Å². The molecular weight excluding hydrogens is 262 g/mol. The third-order valence-electron chi connectivity index (χ3n) is 4.03. The van der Waals surface area contributed by atoms with Crippen molar-refractivity contribution in [3.63, 3.8) is 0 Å². The van der Waals surface area contributed by atoms with Gasteiger partial charge >= 0.3 is 0 Å². The molecule has 2 heterocycles. The number of rotatable bonds is 4. The highest BCUT2D eigenvalue weighted by atomic mass is 16.1. The van der Waals surface area contributed by atoms with E-state index in [0.29, 0.717) is 5.69 Å². The predicted octanol–water partition coefficient (Wildman–Crippen LogP) is 2.87. The molecular formula is C17H21N3O. The highest BCUT2D eigenvalue weighted by Gasteiger charge is 2.15. The first-order chi connectivity index (χ1) is 10.2. The SMILES string of the molecule is Cn1cccc1C(=O)Nc1ccccc1CN1CCCC1. The zero-order valence-electron chi connectivity index (χ0n) is 12.4. The average molecular weight is 283 g/mol. The van der Waals surface area contributed by atoms with Crippen LogP contribution in [0.25, 0.3) is 0 Å². The lowest BCUT2D eigenvalue weighted by atomic mass is 10.1. The van der Waals surface area contributed by atoms with E-state index in [9.17, 15) is 4.79 Å². The first-order valence-corrected chi connectivity index (χ1v) is 7.47. The Labute approximate surface area is 125 Å². The minimum atomic E-state index is -0.0589. The Morgan fingerprint density at radius 3 is 2.62 bits per heavy atom. The molecule has 2 aromatic rings. The van der Waals surface area contributed by atoms with Gasteiger partial charge in [-0.3, -0.25) is 9.69 Å². The molecule has 1 N–H and O–H groups in total. The number of nitrogens with one attached hydrogen (secondary N) is 1. The van der Waals surface area contributed by atoms with Gasteiger partial charge in [0.15, 0.2) is 0 Å². The molecule has 4 heteroatoms. The van der Waals surface area contributed by atoms with Crippen LogP contribution < -0.4 is 5.32 Å². The fourth-order valence-electron chi connectivity index (χ4n) is 2.85.